The molecule has 0 amide bonds. The highest BCUT2D eigenvalue weighted by Crippen LogP contribution is 2.00. The first-order valence-electron chi connectivity index (χ1n) is 4.74. The molecule has 1 saturated heterocycles. The zero-order chi connectivity index (χ0) is 9.68. The van der Waals surface area contributed by atoms with Crippen molar-refractivity contribution < 1.29 is 9.53 Å². The van der Waals surface area contributed by atoms with Crippen LogP contribution in [0.5, 0.6) is 0 Å². The van der Waals surface area contributed by atoms with Crippen LogP contribution in [0.15, 0.2) is 12.3 Å². The van der Waals surface area contributed by atoms with Crippen LogP contribution in [0.3, 0.4) is 0 Å². The van der Waals surface area contributed by atoms with Crippen molar-refractivity contribution in [2.75, 3.05) is 26.3 Å². The van der Waals surface area contributed by atoms with Crippen molar-refractivity contribution >= 4 is 5.78 Å². The van der Waals surface area contributed by atoms with Crippen LogP contribution in [-0.2, 0) is 9.53 Å². The SMILES string of the molecule is CC(C)C(=O)C=CN1CCOCC1. The fraction of sp³-hybridized carbons (Fsp3) is 0.700. The topological polar surface area (TPSA) is 29.5 Å². The molecule has 1 aliphatic heterocycles. The average Bonchev–Trinajstić information content (AvgIpc) is 2.15. The Bertz CT molecular complexity index is 193. The molecule has 0 bridgehead atoms. The summed E-state index contributed by atoms with van der Waals surface area (Å²) in [6.07, 6.45) is 3.54. The van der Waals surface area contributed by atoms with E-state index in [0.29, 0.717) is 0 Å². The molecule has 3 heteroatoms. The number of nitrogens with zero attached hydrogens (tertiary/aromatic N) is 1. The van der Waals surface area contributed by atoms with Gasteiger partial charge in [-0.2, -0.15) is 0 Å². The summed E-state index contributed by atoms with van der Waals surface area (Å²) in [5, 5.41) is 0. The molecule has 3 nitrogen and oxygen atoms in total. The number of ketones is 1. The molecule has 1 aliphatic rings. The monoisotopic (exact) mass is 183 g/mol. The summed E-state index contributed by atoms with van der Waals surface area (Å²) in [5.41, 5.74) is 0. The van der Waals surface area contributed by atoms with Crippen LogP contribution in [0.25, 0.3) is 0 Å². The third kappa shape index (κ3) is 3.59. The van der Waals surface area contributed by atoms with Gasteiger partial charge in [0.1, 0.15) is 0 Å². The second-order valence-electron chi connectivity index (χ2n) is 3.52. The Hall–Kier alpha value is -0.830. The van der Waals surface area contributed by atoms with Gasteiger partial charge in [-0.15, -0.1) is 0 Å². The van der Waals surface area contributed by atoms with Crippen LogP contribution in [0.2, 0.25) is 0 Å². The summed E-state index contributed by atoms with van der Waals surface area (Å²) >= 11 is 0. The molecular formula is C10H17NO2. The fourth-order valence-corrected chi connectivity index (χ4v) is 1.10. The van der Waals surface area contributed by atoms with Crippen LogP contribution < -0.4 is 0 Å². The molecule has 0 unspecified atom stereocenters. The fourth-order valence-electron chi connectivity index (χ4n) is 1.10. The molecule has 0 aromatic rings. The van der Waals surface area contributed by atoms with E-state index in [0.717, 1.165) is 26.3 Å². The minimum absolute atomic E-state index is 0.0947. The molecule has 0 spiro atoms. The van der Waals surface area contributed by atoms with Gasteiger partial charge in [-0.05, 0) is 6.08 Å². The van der Waals surface area contributed by atoms with Gasteiger partial charge in [0.25, 0.3) is 0 Å². The lowest BCUT2D eigenvalue weighted by molar-refractivity contribution is -0.117. The number of allylic oxidation sites excluding steroid dienone is 1. The maximum atomic E-state index is 11.2. The first kappa shape index (κ1) is 10.3. The summed E-state index contributed by atoms with van der Waals surface area (Å²) in [5.74, 6) is 0.281. The van der Waals surface area contributed by atoms with E-state index in [1.807, 2.05) is 20.0 Å². The Kier molecular flexibility index (Phi) is 3.96. The minimum atomic E-state index is 0.0947. The molecule has 0 aromatic carbocycles. The lowest BCUT2D eigenvalue weighted by atomic mass is 10.1. The number of rotatable bonds is 3. The van der Waals surface area contributed by atoms with Crippen LogP contribution >= 0.6 is 0 Å². The van der Waals surface area contributed by atoms with Crippen molar-refractivity contribution in [1.29, 1.82) is 0 Å². The molecule has 13 heavy (non-hydrogen) atoms. The number of carbonyl (C=O) groups is 1. The standard InChI is InChI=1S/C10H17NO2/c1-9(2)10(12)3-4-11-5-7-13-8-6-11/h3-4,9H,5-8H2,1-2H3. The molecule has 74 valence electrons. The molecule has 0 N–H and O–H groups in total. The number of hydrogen-bond donors (Lipinski definition) is 0. The molecule has 1 heterocycles. The number of carbonyl (C=O) groups excluding carboxylic acids is 1. The molecule has 1 rings (SSSR count). The third-order valence-corrected chi connectivity index (χ3v) is 2.06. The molecule has 0 atom stereocenters. The Balaban J connectivity index is 2.33. The summed E-state index contributed by atoms with van der Waals surface area (Å²) in [6, 6.07) is 0. The van der Waals surface area contributed by atoms with E-state index in [2.05, 4.69) is 4.90 Å². The van der Waals surface area contributed by atoms with Crippen molar-refractivity contribution in [1.82, 2.24) is 4.90 Å². The van der Waals surface area contributed by atoms with Crippen molar-refractivity contribution in [3.05, 3.63) is 12.3 Å². The minimum Gasteiger partial charge on any atom is -0.378 e. The molecule has 1 fully saturated rings. The van der Waals surface area contributed by atoms with Gasteiger partial charge in [0.2, 0.25) is 0 Å². The zero-order valence-corrected chi connectivity index (χ0v) is 8.32. The second-order valence-corrected chi connectivity index (χ2v) is 3.52. The number of ether oxygens (including phenoxy) is 1. The van der Waals surface area contributed by atoms with E-state index in [9.17, 15) is 4.79 Å². The summed E-state index contributed by atoms with van der Waals surface area (Å²) in [4.78, 5) is 13.4. The van der Waals surface area contributed by atoms with E-state index in [1.165, 1.54) is 0 Å². The lowest BCUT2D eigenvalue weighted by Gasteiger charge is -2.24. The normalized spacial score (nSPS) is 18.5. The molecule has 0 aliphatic carbocycles. The number of morpholine rings is 1. The Labute approximate surface area is 79.4 Å². The highest BCUT2D eigenvalue weighted by atomic mass is 16.5. The smallest absolute Gasteiger partial charge is 0.159 e. The second kappa shape index (κ2) is 5.02. The van der Waals surface area contributed by atoms with Gasteiger partial charge in [0, 0.05) is 25.2 Å². The van der Waals surface area contributed by atoms with Crippen LogP contribution in [-0.4, -0.2) is 37.0 Å². The average molecular weight is 183 g/mol. The lowest BCUT2D eigenvalue weighted by Crippen LogP contribution is -2.32. The molecule has 0 radical (unpaired) electrons. The van der Waals surface area contributed by atoms with Crippen LogP contribution in [0, 0.1) is 5.92 Å². The van der Waals surface area contributed by atoms with E-state index in [4.69, 9.17) is 4.74 Å². The van der Waals surface area contributed by atoms with Gasteiger partial charge < -0.3 is 9.64 Å². The summed E-state index contributed by atoms with van der Waals surface area (Å²) in [6.45, 7) is 7.13. The Morgan fingerprint density at radius 1 is 1.38 bits per heavy atom. The van der Waals surface area contributed by atoms with E-state index < -0.39 is 0 Å². The van der Waals surface area contributed by atoms with Gasteiger partial charge in [-0.3, -0.25) is 4.79 Å². The summed E-state index contributed by atoms with van der Waals surface area (Å²) < 4.78 is 5.19. The van der Waals surface area contributed by atoms with Gasteiger partial charge in [0.15, 0.2) is 5.78 Å². The zero-order valence-electron chi connectivity index (χ0n) is 8.32. The number of hydrogen-bond acceptors (Lipinski definition) is 3. The first-order valence-corrected chi connectivity index (χ1v) is 4.74. The summed E-state index contributed by atoms with van der Waals surface area (Å²) in [7, 11) is 0. The van der Waals surface area contributed by atoms with Crippen molar-refractivity contribution in [2.24, 2.45) is 5.92 Å². The Morgan fingerprint density at radius 3 is 2.54 bits per heavy atom. The van der Waals surface area contributed by atoms with Crippen LogP contribution in [0.4, 0.5) is 0 Å². The van der Waals surface area contributed by atoms with Crippen molar-refractivity contribution in [3.8, 4) is 0 Å². The highest BCUT2D eigenvalue weighted by molar-refractivity contribution is 5.91. The van der Waals surface area contributed by atoms with Gasteiger partial charge in [-0.25, -0.2) is 0 Å². The highest BCUT2D eigenvalue weighted by Gasteiger charge is 2.07. The molecule has 0 saturated carbocycles. The van der Waals surface area contributed by atoms with E-state index in [-0.39, 0.29) is 11.7 Å². The van der Waals surface area contributed by atoms with Crippen molar-refractivity contribution in [2.45, 2.75) is 13.8 Å². The van der Waals surface area contributed by atoms with Crippen molar-refractivity contribution in [3.63, 3.8) is 0 Å². The Morgan fingerprint density at radius 2 is 2.00 bits per heavy atom. The predicted octanol–water partition coefficient (Wildman–Crippen LogP) is 1.06. The quantitative estimate of drug-likeness (QED) is 0.613. The molecule has 0 aromatic heterocycles. The van der Waals surface area contributed by atoms with Crippen LogP contribution in [0.1, 0.15) is 13.8 Å². The van der Waals surface area contributed by atoms with Gasteiger partial charge in [-0.1, -0.05) is 13.8 Å². The maximum absolute atomic E-state index is 11.2. The largest absolute Gasteiger partial charge is 0.378 e. The molecular weight excluding hydrogens is 166 g/mol. The van der Waals surface area contributed by atoms with Gasteiger partial charge >= 0.3 is 0 Å². The van der Waals surface area contributed by atoms with E-state index in [1.54, 1.807) is 6.08 Å². The first-order chi connectivity index (χ1) is 6.20. The maximum Gasteiger partial charge on any atom is 0.159 e. The predicted molar refractivity (Wildman–Crippen MR) is 51.4 cm³/mol. The van der Waals surface area contributed by atoms with E-state index >= 15 is 0 Å². The van der Waals surface area contributed by atoms with Gasteiger partial charge in [0.05, 0.1) is 13.2 Å². The third-order valence-electron chi connectivity index (χ3n) is 2.06.